The molecule has 2 aliphatic rings. The lowest BCUT2D eigenvalue weighted by molar-refractivity contribution is -0.0801. The molecule has 1 fully saturated rings. The third-order valence-electron chi connectivity index (χ3n) is 5.65. The van der Waals surface area contributed by atoms with Crippen LogP contribution < -0.4 is 9.80 Å². The molecule has 0 unspecified atom stereocenters. The predicted molar refractivity (Wildman–Crippen MR) is 103 cm³/mol. The standard InChI is InChI=1S/C19H23N7O/c1-25(2)18-21-11-13-4-10-27-19(16(13)23-18)5-8-26(9-6-19)17-14-12-22-24-15(14)3-7-20-17/h3,7,11-12H,4-6,8-10H2,1-2H3,(H,22,24). The Balaban J connectivity index is 1.45. The maximum atomic E-state index is 6.35. The molecule has 0 aromatic carbocycles. The first kappa shape index (κ1) is 16.4. The minimum Gasteiger partial charge on any atom is -0.368 e. The molecule has 0 amide bonds. The van der Waals surface area contributed by atoms with Crippen LogP contribution in [0.4, 0.5) is 11.8 Å². The number of pyridine rings is 1. The fourth-order valence-electron chi connectivity index (χ4n) is 4.18. The van der Waals surface area contributed by atoms with Gasteiger partial charge in [0.15, 0.2) is 0 Å². The largest absolute Gasteiger partial charge is 0.368 e. The van der Waals surface area contributed by atoms with Gasteiger partial charge in [-0.1, -0.05) is 0 Å². The number of piperidine rings is 1. The number of rotatable bonds is 2. The van der Waals surface area contributed by atoms with E-state index >= 15 is 0 Å². The Hall–Kier alpha value is -2.74. The van der Waals surface area contributed by atoms with Crippen molar-refractivity contribution < 1.29 is 4.74 Å². The Bertz CT molecular complexity index is 975. The zero-order valence-corrected chi connectivity index (χ0v) is 15.6. The molecule has 8 heteroatoms. The molecule has 8 nitrogen and oxygen atoms in total. The quantitative estimate of drug-likeness (QED) is 0.742. The van der Waals surface area contributed by atoms with Crippen LogP contribution in [-0.2, 0) is 16.8 Å². The lowest BCUT2D eigenvalue weighted by Gasteiger charge is -2.44. The van der Waals surface area contributed by atoms with Gasteiger partial charge in [0.25, 0.3) is 0 Å². The van der Waals surface area contributed by atoms with E-state index in [-0.39, 0.29) is 5.60 Å². The molecule has 5 heterocycles. The van der Waals surface area contributed by atoms with Crippen molar-refractivity contribution in [1.29, 1.82) is 0 Å². The molecule has 0 radical (unpaired) electrons. The van der Waals surface area contributed by atoms with E-state index in [9.17, 15) is 0 Å². The van der Waals surface area contributed by atoms with Crippen molar-refractivity contribution in [3.63, 3.8) is 0 Å². The number of aromatic nitrogens is 5. The maximum Gasteiger partial charge on any atom is 0.225 e. The van der Waals surface area contributed by atoms with Gasteiger partial charge < -0.3 is 14.5 Å². The number of fused-ring (bicyclic) bond motifs is 3. The molecule has 0 atom stereocenters. The molecule has 1 spiro atoms. The molecular formula is C19H23N7O. The smallest absolute Gasteiger partial charge is 0.225 e. The zero-order chi connectivity index (χ0) is 18.4. The van der Waals surface area contributed by atoms with Crippen molar-refractivity contribution in [2.24, 2.45) is 0 Å². The fourth-order valence-corrected chi connectivity index (χ4v) is 4.18. The molecule has 0 saturated carbocycles. The Morgan fingerprint density at radius 2 is 2.04 bits per heavy atom. The monoisotopic (exact) mass is 365 g/mol. The molecule has 0 aliphatic carbocycles. The van der Waals surface area contributed by atoms with Crippen LogP contribution in [0.3, 0.4) is 0 Å². The lowest BCUT2D eigenvalue weighted by Crippen LogP contribution is -2.47. The van der Waals surface area contributed by atoms with Crippen molar-refractivity contribution in [3.05, 3.63) is 35.9 Å². The van der Waals surface area contributed by atoms with Crippen LogP contribution in [0, 0.1) is 0 Å². The minimum absolute atomic E-state index is 0.317. The van der Waals surface area contributed by atoms with Gasteiger partial charge in [0, 0.05) is 39.6 Å². The Kier molecular flexibility index (Phi) is 3.75. The van der Waals surface area contributed by atoms with Crippen LogP contribution >= 0.6 is 0 Å². The summed E-state index contributed by atoms with van der Waals surface area (Å²) in [5, 5.41) is 8.25. The van der Waals surface area contributed by atoms with Gasteiger partial charge in [-0.15, -0.1) is 0 Å². The summed E-state index contributed by atoms with van der Waals surface area (Å²) in [6.45, 7) is 2.48. The average molecular weight is 365 g/mol. The number of nitrogens with zero attached hydrogens (tertiary/aromatic N) is 6. The predicted octanol–water partition coefficient (Wildman–Crippen LogP) is 1.88. The van der Waals surface area contributed by atoms with Gasteiger partial charge in [-0.05, 0) is 30.9 Å². The van der Waals surface area contributed by atoms with E-state index in [0.29, 0.717) is 0 Å². The molecular weight excluding hydrogens is 342 g/mol. The Morgan fingerprint density at radius 3 is 2.85 bits per heavy atom. The summed E-state index contributed by atoms with van der Waals surface area (Å²) in [6.07, 6.45) is 8.32. The molecule has 3 aromatic rings. The Morgan fingerprint density at radius 1 is 1.19 bits per heavy atom. The first-order valence-corrected chi connectivity index (χ1v) is 9.37. The summed E-state index contributed by atoms with van der Waals surface area (Å²) >= 11 is 0. The first-order valence-electron chi connectivity index (χ1n) is 9.37. The van der Waals surface area contributed by atoms with E-state index < -0.39 is 0 Å². The third-order valence-corrected chi connectivity index (χ3v) is 5.65. The molecule has 1 N–H and O–H groups in total. The highest BCUT2D eigenvalue weighted by molar-refractivity contribution is 5.88. The van der Waals surface area contributed by atoms with Crippen molar-refractivity contribution in [1.82, 2.24) is 25.1 Å². The van der Waals surface area contributed by atoms with Crippen LogP contribution in [0.2, 0.25) is 0 Å². The normalized spacial score (nSPS) is 18.7. The van der Waals surface area contributed by atoms with Gasteiger partial charge in [-0.2, -0.15) is 5.10 Å². The number of hydrogen-bond acceptors (Lipinski definition) is 7. The zero-order valence-electron chi connectivity index (χ0n) is 15.6. The summed E-state index contributed by atoms with van der Waals surface area (Å²) in [7, 11) is 3.94. The number of ether oxygens (including phenoxy) is 1. The van der Waals surface area contributed by atoms with E-state index in [1.54, 1.807) is 0 Å². The van der Waals surface area contributed by atoms with Crippen LogP contribution in [0.15, 0.2) is 24.7 Å². The summed E-state index contributed by atoms with van der Waals surface area (Å²) < 4.78 is 6.35. The fraction of sp³-hybridized carbons (Fsp3) is 0.474. The number of hydrogen-bond donors (Lipinski definition) is 1. The number of nitrogens with one attached hydrogen (secondary N) is 1. The highest BCUT2D eigenvalue weighted by Gasteiger charge is 2.43. The third kappa shape index (κ3) is 2.63. The lowest BCUT2D eigenvalue weighted by atomic mass is 9.83. The molecule has 1 saturated heterocycles. The molecule has 27 heavy (non-hydrogen) atoms. The topological polar surface area (TPSA) is 83.1 Å². The van der Waals surface area contributed by atoms with E-state index in [1.807, 2.05) is 43.7 Å². The van der Waals surface area contributed by atoms with Crippen LogP contribution in [0.1, 0.15) is 24.1 Å². The van der Waals surface area contributed by atoms with Gasteiger partial charge in [-0.3, -0.25) is 5.10 Å². The summed E-state index contributed by atoms with van der Waals surface area (Å²) in [6, 6.07) is 1.96. The summed E-state index contributed by atoms with van der Waals surface area (Å²) in [5.74, 6) is 1.73. The van der Waals surface area contributed by atoms with E-state index in [0.717, 1.165) is 67.3 Å². The second-order valence-corrected chi connectivity index (χ2v) is 7.48. The van der Waals surface area contributed by atoms with Crippen molar-refractivity contribution in [2.75, 3.05) is 43.6 Å². The molecule has 5 rings (SSSR count). The van der Waals surface area contributed by atoms with Crippen molar-refractivity contribution in [3.8, 4) is 0 Å². The molecule has 0 bridgehead atoms. The molecule has 3 aromatic heterocycles. The second kappa shape index (κ2) is 6.16. The highest BCUT2D eigenvalue weighted by Crippen LogP contribution is 2.42. The minimum atomic E-state index is -0.317. The van der Waals surface area contributed by atoms with Gasteiger partial charge in [0.2, 0.25) is 5.95 Å². The first-order chi connectivity index (χ1) is 13.2. The number of H-pyrrole nitrogens is 1. The summed E-state index contributed by atoms with van der Waals surface area (Å²) in [4.78, 5) is 18.2. The number of aromatic amines is 1. The van der Waals surface area contributed by atoms with E-state index in [1.165, 1.54) is 5.56 Å². The van der Waals surface area contributed by atoms with Crippen LogP contribution in [-0.4, -0.2) is 58.9 Å². The van der Waals surface area contributed by atoms with E-state index in [4.69, 9.17) is 9.72 Å². The number of anilines is 2. The van der Waals surface area contributed by atoms with Crippen LogP contribution in [0.25, 0.3) is 10.9 Å². The van der Waals surface area contributed by atoms with Crippen LogP contribution in [0.5, 0.6) is 0 Å². The van der Waals surface area contributed by atoms with Crippen molar-refractivity contribution >= 4 is 22.7 Å². The molecule has 2 aliphatic heterocycles. The van der Waals surface area contributed by atoms with Gasteiger partial charge in [0.1, 0.15) is 11.4 Å². The highest BCUT2D eigenvalue weighted by atomic mass is 16.5. The van der Waals surface area contributed by atoms with Gasteiger partial charge >= 0.3 is 0 Å². The second-order valence-electron chi connectivity index (χ2n) is 7.48. The van der Waals surface area contributed by atoms with Gasteiger partial charge in [-0.25, -0.2) is 15.0 Å². The SMILES string of the molecule is CN(C)c1ncc2c(n1)C1(CCN(c3nccc4[nH]ncc34)CC1)OCC2. The molecule has 140 valence electrons. The van der Waals surface area contributed by atoms with Gasteiger partial charge in [0.05, 0.1) is 29.4 Å². The maximum absolute atomic E-state index is 6.35. The summed E-state index contributed by atoms with van der Waals surface area (Å²) in [5.41, 5.74) is 2.99. The van der Waals surface area contributed by atoms with Crippen molar-refractivity contribution in [2.45, 2.75) is 24.9 Å². The van der Waals surface area contributed by atoms with E-state index in [2.05, 4.69) is 25.1 Å². The average Bonchev–Trinajstić information content (AvgIpc) is 3.18. The Labute approximate surface area is 157 Å².